The molecule has 6 nitrogen and oxygen atoms in total. The number of carbonyl (C=O) groups excluding carboxylic acids is 1. The first-order chi connectivity index (χ1) is 9.56. The Morgan fingerprint density at radius 3 is 2.80 bits per heavy atom. The average Bonchev–Trinajstić information content (AvgIpc) is 3.03. The van der Waals surface area contributed by atoms with Crippen molar-refractivity contribution < 1.29 is 14.7 Å². The van der Waals surface area contributed by atoms with Gasteiger partial charge in [0.1, 0.15) is 10.6 Å². The lowest BCUT2D eigenvalue weighted by molar-refractivity contribution is 0.0703. The summed E-state index contributed by atoms with van der Waals surface area (Å²) in [4.78, 5) is 23.4. The van der Waals surface area contributed by atoms with E-state index in [2.05, 4.69) is 10.4 Å². The molecule has 0 aliphatic carbocycles. The molecular formula is C13H15N3O3S. The van der Waals surface area contributed by atoms with E-state index in [1.165, 1.54) is 0 Å². The van der Waals surface area contributed by atoms with E-state index in [9.17, 15) is 9.59 Å². The first-order valence-electron chi connectivity index (χ1n) is 6.25. The van der Waals surface area contributed by atoms with Gasteiger partial charge >= 0.3 is 5.97 Å². The van der Waals surface area contributed by atoms with Gasteiger partial charge in [-0.15, -0.1) is 11.3 Å². The van der Waals surface area contributed by atoms with E-state index in [4.69, 9.17) is 5.11 Å². The molecule has 0 aliphatic rings. The minimum Gasteiger partial charge on any atom is -0.477 e. The zero-order valence-corrected chi connectivity index (χ0v) is 12.0. The van der Waals surface area contributed by atoms with E-state index in [1.54, 1.807) is 22.2 Å². The predicted molar refractivity (Wildman–Crippen MR) is 76.5 cm³/mol. The highest BCUT2D eigenvalue weighted by molar-refractivity contribution is 7.12. The number of anilines is 1. The van der Waals surface area contributed by atoms with Gasteiger partial charge in [0.25, 0.3) is 5.91 Å². The monoisotopic (exact) mass is 293 g/mol. The SMILES string of the molecule is CCc1cc(C(=O)Nc2ccsc2C(=O)O)n(CC)n1. The van der Waals surface area contributed by atoms with Crippen LogP contribution in [0.1, 0.15) is 39.7 Å². The van der Waals surface area contributed by atoms with Gasteiger partial charge < -0.3 is 10.4 Å². The number of nitrogens with one attached hydrogen (secondary N) is 1. The maximum absolute atomic E-state index is 12.2. The second-order valence-corrected chi connectivity index (χ2v) is 5.03. The third-order valence-corrected chi connectivity index (χ3v) is 3.74. The molecule has 0 spiro atoms. The zero-order chi connectivity index (χ0) is 14.7. The Kier molecular flexibility index (Phi) is 4.19. The van der Waals surface area contributed by atoms with Crippen molar-refractivity contribution in [3.8, 4) is 0 Å². The third-order valence-electron chi connectivity index (χ3n) is 2.83. The number of aromatic carboxylic acids is 1. The molecule has 20 heavy (non-hydrogen) atoms. The number of aryl methyl sites for hydroxylation is 2. The zero-order valence-electron chi connectivity index (χ0n) is 11.2. The van der Waals surface area contributed by atoms with Gasteiger partial charge in [0, 0.05) is 6.54 Å². The fourth-order valence-electron chi connectivity index (χ4n) is 1.83. The summed E-state index contributed by atoms with van der Waals surface area (Å²) in [6, 6.07) is 3.31. The minimum atomic E-state index is -1.05. The molecule has 7 heteroatoms. The molecule has 0 saturated carbocycles. The number of nitrogens with zero attached hydrogens (tertiary/aromatic N) is 2. The molecule has 0 atom stereocenters. The fourth-order valence-corrected chi connectivity index (χ4v) is 2.51. The molecule has 0 aliphatic heterocycles. The molecule has 0 bridgehead atoms. The quantitative estimate of drug-likeness (QED) is 0.887. The molecule has 0 saturated heterocycles. The van der Waals surface area contributed by atoms with Crippen LogP contribution in [0.4, 0.5) is 5.69 Å². The van der Waals surface area contributed by atoms with Gasteiger partial charge in [-0.1, -0.05) is 6.92 Å². The Balaban J connectivity index is 2.26. The summed E-state index contributed by atoms with van der Waals surface area (Å²) in [6.45, 7) is 4.44. The lowest BCUT2D eigenvalue weighted by Gasteiger charge is -2.06. The van der Waals surface area contributed by atoms with Crippen LogP contribution < -0.4 is 5.32 Å². The molecule has 106 valence electrons. The van der Waals surface area contributed by atoms with Crippen molar-refractivity contribution >= 4 is 28.9 Å². The molecule has 0 fully saturated rings. The number of carbonyl (C=O) groups is 2. The van der Waals surface area contributed by atoms with Gasteiger partial charge in [0.15, 0.2) is 0 Å². The first kappa shape index (κ1) is 14.3. The smallest absolute Gasteiger partial charge is 0.348 e. The second-order valence-electron chi connectivity index (χ2n) is 4.11. The predicted octanol–water partition coefficient (Wildman–Crippen LogP) is 2.48. The molecule has 0 aromatic carbocycles. The van der Waals surface area contributed by atoms with Crippen molar-refractivity contribution in [2.24, 2.45) is 0 Å². The van der Waals surface area contributed by atoms with Gasteiger partial charge in [-0.2, -0.15) is 5.10 Å². The van der Waals surface area contributed by atoms with Crippen LogP contribution in [0.5, 0.6) is 0 Å². The highest BCUT2D eigenvalue weighted by Gasteiger charge is 2.18. The van der Waals surface area contributed by atoms with E-state index in [-0.39, 0.29) is 10.8 Å². The molecule has 2 N–H and O–H groups in total. The summed E-state index contributed by atoms with van der Waals surface area (Å²) in [5.41, 5.74) is 1.59. The van der Waals surface area contributed by atoms with Crippen molar-refractivity contribution in [2.45, 2.75) is 26.8 Å². The Morgan fingerprint density at radius 1 is 1.45 bits per heavy atom. The summed E-state index contributed by atoms with van der Waals surface area (Å²) in [7, 11) is 0. The van der Waals surface area contributed by atoms with Crippen molar-refractivity contribution in [2.75, 3.05) is 5.32 Å². The summed E-state index contributed by atoms with van der Waals surface area (Å²) >= 11 is 1.08. The molecule has 2 rings (SSSR count). The largest absolute Gasteiger partial charge is 0.477 e. The lowest BCUT2D eigenvalue weighted by Crippen LogP contribution is -2.18. The summed E-state index contributed by atoms with van der Waals surface area (Å²) in [6.07, 6.45) is 0.742. The standard InChI is InChI=1S/C13H15N3O3S/c1-3-8-7-10(16(4-2)15-8)12(17)14-9-5-6-20-11(9)13(18)19/h5-7H,3-4H2,1-2H3,(H,14,17)(H,18,19). The topological polar surface area (TPSA) is 84.2 Å². The molecule has 0 unspecified atom stereocenters. The second kappa shape index (κ2) is 5.87. The van der Waals surface area contributed by atoms with Gasteiger partial charge in [0.05, 0.1) is 11.4 Å². The lowest BCUT2D eigenvalue weighted by atomic mass is 10.3. The Bertz CT molecular complexity index is 645. The van der Waals surface area contributed by atoms with E-state index in [1.807, 2.05) is 13.8 Å². The van der Waals surface area contributed by atoms with E-state index >= 15 is 0 Å². The van der Waals surface area contributed by atoms with Crippen LogP contribution >= 0.6 is 11.3 Å². The first-order valence-corrected chi connectivity index (χ1v) is 7.13. The number of hydrogen-bond acceptors (Lipinski definition) is 4. The normalized spacial score (nSPS) is 10.5. The van der Waals surface area contributed by atoms with Crippen molar-refractivity contribution in [1.29, 1.82) is 0 Å². The molecule has 2 heterocycles. The third kappa shape index (κ3) is 2.72. The number of aromatic nitrogens is 2. The Hall–Kier alpha value is -2.15. The minimum absolute atomic E-state index is 0.122. The van der Waals surface area contributed by atoms with Crippen LogP contribution in [0.3, 0.4) is 0 Å². The maximum atomic E-state index is 12.2. The van der Waals surface area contributed by atoms with Crippen LogP contribution in [-0.4, -0.2) is 26.8 Å². The number of amides is 1. The molecule has 1 amide bonds. The average molecular weight is 293 g/mol. The number of carboxylic acids is 1. The fraction of sp³-hybridized carbons (Fsp3) is 0.308. The van der Waals surface area contributed by atoms with Gasteiger partial charge in [-0.05, 0) is 30.9 Å². The van der Waals surface area contributed by atoms with Gasteiger partial charge in [-0.25, -0.2) is 4.79 Å². The Labute approximate surface area is 120 Å². The molecule has 2 aromatic rings. The van der Waals surface area contributed by atoms with Gasteiger partial charge in [-0.3, -0.25) is 9.48 Å². The molecule has 2 aromatic heterocycles. The summed E-state index contributed by atoms with van der Waals surface area (Å²) in [5.74, 6) is -1.39. The highest BCUT2D eigenvalue weighted by atomic mass is 32.1. The summed E-state index contributed by atoms with van der Waals surface area (Å²) < 4.78 is 1.61. The van der Waals surface area contributed by atoms with Crippen molar-refractivity contribution in [3.63, 3.8) is 0 Å². The van der Waals surface area contributed by atoms with E-state index < -0.39 is 5.97 Å². The van der Waals surface area contributed by atoms with Crippen molar-refractivity contribution in [3.05, 3.63) is 33.8 Å². The van der Waals surface area contributed by atoms with Gasteiger partial charge in [0.2, 0.25) is 0 Å². The van der Waals surface area contributed by atoms with Crippen LogP contribution in [-0.2, 0) is 13.0 Å². The van der Waals surface area contributed by atoms with Crippen LogP contribution in [0.15, 0.2) is 17.5 Å². The number of rotatable bonds is 5. The van der Waals surface area contributed by atoms with Crippen molar-refractivity contribution in [1.82, 2.24) is 9.78 Å². The summed E-state index contributed by atoms with van der Waals surface area (Å²) in [5, 5.41) is 17.6. The van der Waals surface area contributed by atoms with Crippen LogP contribution in [0, 0.1) is 0 Å². The van der Waals surface area contributed by atoms with E-state index in [0.717, 1.165) is 23.5 Å². The Morgan fingerprint density at radius 2 is 2.20 bits per heavy atom. The number of hydrogen-bond donors (Lipinski definition) is 2. The highest BCUT2D eigenvalue weighted by Crippen LogP contribution is 2.23. The van der Waals surface area contributed by atoms with Crippen LogP contribution in [0.25, 0.3) is 0 Å². The number of carboxylic acid groups (broad SMARTS) is 1. The molecular weight excluding hydrogens is 278 g/mol. The molecule has 0 radical (unpaired) electrons. The maximum Gasteiger partial charge on any atom is 0.348 e. The van der Waals surface area contributed by atoms with Crippen LogP contribution in [0.2, 0.25) is 0 Å². The number of thiophene rings is 1. The van der Waals surface area contributed by atoms with E-state index in [0.29, 0.717) is 17.9 Å².